The normalized spacial score (nSPS) is 16.1. The zero-order chi connectivity index (χ0) is 26.0. The van der Waals surface area contributed by atoms with Crippen molar-refractivity contribution in [2.75, 3.05) is 26.2 Å². The lowest BCUT2D eigenvalue weighted by molar-refractivity contribution is -0.929. The zero-order valence-corrected chi connectivity index (χ0v) is 22.0. The van der Waals surface area contributed by atoms with Gasteiger partial charge >= 0.3 is 11.9 Å². The summed E-state index contributed by atoms with van der Waals surface area (Å²) in [5, 5.41) is 30.0. The molecule has 0 aliphatic carbocycles. The van der Waals surface area contributed by atoms with Gasteiger partial charge in [-0.1, -0.05) is 65.5 Å². The fourth-order valence-electron chi connectivity index (χ4n) is 4.08. The quantitative estimate of drug-likeness (QED) is 0.133. The number of carboxylic acid groups (broad SMARTS) is 3. The van der Waals surface area contributed by atoms with Gasteiger partial charge in [-0.2, -0.15) is 0 Å². The molecule has 0 aromatic carbocycles. The van der Waals surface area contributed by atoms with Gasteiger partial charge in [0.1, 0.15) is 0 Å². The van der Waals surface area contributed by atoms with Crippen LogP contribution < -0.4 is 5.11 Å². The third-order valence-corrected chi connectivity index (χ3v) is 7.00. The molecule has 0 aliphatic heterocycles. The minimum Gasteiger partial charge on any atom is -0.550 e. The summed E-state index contributed by atoms with van der Waals surface area (Å²) >= 11 is 0. The number of carbonyl (C=O) groups is 3. The molecule has 0 heterocycles. The van der Waals surface area contributed by atoms with Crippen molar-refractivity contribution < 1.29 is 34.2 Å². The Morgan fingerprint density at radius 3 is 1.59 bits per heavy atom. The molecule has 0 amide bonds. The Hall–Kier alpha value is -1.89. The molecule has 0 aromatic rings. The van der Waals surface area contributed by atoms with Crippen molar-refractivity contribution in [1.82, 2.24) is 0 Å². The van der Waals surface area contributed by atoms with Gasteiger partial charge in [0, 0.05) is 37.6 Å². The molecule has 0 fully saturated rings. The SMILES string of the molecule is CCCCCCC/C=C/CCC[N+](CCC(C)C(=O)[O-])(CCC(C)C(=O)O)CCC(C)C(=O)O. The number of aliphatic carboxylic acids is 3. The van der Waals surface area contributed by atoms with Crippen LogP contribution in [0.15, 0.2) is 12.2 Å². The van der Waals surface area contributed by atoms with Crippen LogP contribution in [-0.2, 0) is 14.4 Å². The Bertz CT molecular complexity index is 558. The molecule has 3 unspecified atom stereocenters. The molecule has 0 saturated carbocycles. The molecule has 3 atom stereocenters. The molecule has 7 heteroatoms. The second-order valence-electron chi connectivity index (χ2n) is 10.1. The Balaban J connectivity index is 5.16. The maximum absolute atomic E-state index is 11.4. The first-order valence-electron chi connectivity index (χ1n) is 13.2. The highest BCUT2D eigenvalue weighted by molar-refractivity contribution is 5.69. The Morgan fingerprint density at radius 2 is 1.15 bits per heavy atom. The summed E-state index contributed by atoms with van der Waals surface area (Å²) in [7, 11) is 0. The predicted octanol–water partition coefficient (Wildman–Crippen LogP) is 4.50. The monoisotopic (exact) mass is 483 g/mol. The summed E-state index contributed by atoms with van der Waals surface area (Å²) in [6.07, 6.45) is 15.0. The van der Waals surface area contributed by atoms with E-state index in [0.717, 1.165) is 25.8 Å². The molecule has 7 nitrogen and oxygen atoms in total. The van der Waals surface area contributed by atoms with Crippen LogP contribution in [-0.4, -0.2) is 58.8 Å². The van der Waals surface area contributed by atoms with Gasteiger partial charge in [0.05, 0.1) is 38.0 Å². The average molecular weight is 484 g/mol. The molecule has 0 bridgehead atoms. The summed E-state index contributed by atoms with van der Waals surface area (Å²) in [5.41, 5.74) is 0. The highest BCUT2D eigenvalue weighted by Gasteiger charge is 2.30. The van der Waals surface area contributed by atoms with E-state index in [1.807, 2.05) is 0 Å². The Morgan fingerprint density at radius 1 is 0.706 bits per heavy atom. The number of carbonyl (C=O) groups excluding carboxylic acids is 1. The minimum atomic E-state index is -1.09. The van der Waals surface area contributed by atoms with Crippen LogP contribution in [0.5, 0.6) is 0 Å². The number of carboxylic acids is 3. The highest BCUT2D eigenvalue weighted by atomic mass is 16.4. The maximum atomic E-state index is 11.4. The van der Waals surface area contributed by atoms with E-state index < -0.39 is 35.7 Å². The lowest BCUT2D eigenvalue weighted by atomic mass is 10.0. The molecule has 0 spiro atoms. The van der Waals surface area contributed by atoms with Crippen molar-refractivity contribution in [3.63, 3.8) is 0 Å². The first kappa shape index (κ1) is 32.1. The molecular formula is C27H49NO6. The van der Waals surface area contributed by atoms with Crippen LogP contribution in [0.25, 0.3) is 0 Å². The Labute approximate surface area is 206 Å². The van der Waals surface area contributed by atoms with E-state index in [1.165, 1.54) is 32.1 Å². The van der Waals surface area contributed by atoms with Gasteiger partial charge in [0.15, 0.2) is 0 Å². The first-order chi connectivity index (χ1) is 16.0. The van der Waals surface area contributed by atoms with E-state index in [-0.39, 0.29) is 0 Å². The summed E-state index contributed by atoms with van der Waals surface area (Å²) in [6, 6.07) is 0. The Kier molecular flexibility index (Phi) is 17.4. The van der Waals surface area contributed by atoms with E-state index in [4.69, 9.17) is 0 Å². The third kappa shape index (κ3) is 15.1. The van der Waals surface area contributed by atoms with Gasteiger partial charge in [0.25, 0.3) is 0 Å². The summed E-state index contributed by atoms with van der Waals surface area (Å²) in [4.78, 5) is 34.1. The van der Waals surface area contributed by atoms with Crippen molar-refractivity contribution in [1.29, 1.82) is 0 Å². The average Bonchev–Trinajstić information content (AvgIpc) is 2.79. The van der Waals surface area contributed by atoms with Gasteiger partial charge < -0.3 is 24.6 Å². The van der Waals surface area contributed by atoms with Crippen molar-refractivity contribution in [3.05, 3.63) is 12.2 Å². The number of rotatable bonds is 22. The second kappa shape index (κ2) is 18.4. The summed E-state index contributed by atoms with van der Waals surface area (Å²) < 4.78 is 0.553. The molecule has 0 radical (unpaired) electrons. The van der Waals surface area contributed by atoms with E-state index in [1.54, 1.807) is 20.8 Å². The zero-order valence-electron chi connectivity index (χ0n) is 22.0. The second-order valence-corrected chi connectivity index (χ2v) is 10.1. The number of quaternary nitrogens is 1. The van der Waals surface area contributed by atoms with Crippen molar-refractivity contribution in [3.8, 4) is 0 Å². The van der Waals surface area contributed by atoms with Crippen LogP contribution in [0.2, 0.25) is 0 Å². The highest BCUT2D eigenvalue weighted by Crippen LogP contribution is 2.21. The summed E-state index contributed by atoms with van der Waals surface area (Å²) in [5.74, 6) is -4.37. The lowest BCUT2D eigenvalue weighted by Gasteiger charge is -2.41. The van der Waals surface area contributed by atoms with Crippen molar-refractivity contribution in [2.45, 2.75) is 98.3 Å². The van der Waals surface area contributed by atoms with Gasteiger partial charge in [0.2, 0.25) is 0 Å². The number of allylic oxidation sites excluding steroid dienone is 2. The van der Waals surface area contributed by atoms with Gasteiger partial charge in [-0.05, 0) is 19.3 Å². The van der Waals surface area contributed by atoms with E-state index in [0.29, 0.717) is 43.4 Å². The van der Waals surface area contributed by atoms with E-state index in [9.17, 15) is 29.7 Å². The minimum absolute atomic E-state index is 0.429. The van der Waals surface area contributed by atoms with Crippen LogP contribution >= 0.6 is 0 Å². The fourth-order valence-corrected chi connectivity index (χ4v) is 4.08. The topological polar surface area (TPSA) is 115 Å². The maximum Gasteiger partial charge on any atom is 0.306 e. The van der Waals surface area contributed by atoms with Crippen LogP contribution in [0.4, 0.5) is 0 Å². The fraction of sp³-hybridized carbons (Fsp3) is 0.815. The smallest absolute Gasteiger partial charge is 0.306 e. The molecule has 0 saturated heterocycles. The molecule has 34 heavy (non-hydrogen) atoms. The van der Waals surface area contributed by atoms with Crippen molar-refractivity contribution in [2.24, 2.45) is 17.8 Å². The summed E-state index contributed by atoms with van der Waals surface area (Å²) in [6.45, 7) is 9.76. The predicted molar refractivity (Wildman–Crippen MR) is 133 cm³/mol. The number of unbranched alkanes of at least 4 members (excludes halogenated alkanes) is 6. The molecule has 198 valence electrons. The van der Waals surface area contributed by atoms with Crippen molar-refractivity contribution >= 4 is 17.9 Å². The standard InChI is InChI=1S/C27H49NO6/c1-5-6-7-8-9-10-11-12-13-14-18-28(19-15-22(2)25(29)30,20-16-23(3)26(31)32)21-17-24(4)27(33)34/h11-12,22-24H,5-10,13-21H2,1-4H3,(H2-,29,30,31,32,33,34)/b12-11+. The van der Waals surface area contributed by atoms with Gasteiger partial charge in [-0.3, -0.25) is 9.59 Å². The van der Waals surface area contributed by atoms with Crippen LogP contribution in [0, 0.1) is 17.8 Å². The number of nitrogens with zero attached hydrogens (tertiary/aromatic N) is 1. The third-order valence-electron chi connectivity index (χ3n) is 7.00. The molecule has 0 aromatic heterocycles. The molecule has 0 rings (SSSR count). The van der Waals surface area contributed by atoms with Gasteiger partial charge in [-0.15, -0.1) is 0 Å². The van der Waals surface area contributed by atoms with E-state index >= 15 is 0 Å². The number of hydrogen-bond donors (Lipinski definition) is 2. The molecule has 0 aliphatic rings. The molecular weight excluding hydrogens is 434 g/mol. The van der Waals surface area contributed by atoms with Gasteiger partial charge in [-0.25, -0.2) is 0 Å². The largest absolute Gasteiger partial charge is 0.550 e. The molecule has 2 N–H and O–H groups in total. The van der Waals surface area contributed by atoms with Crippen LogP contribution in [0.1, 0.15) is 98.3 Å². The first-order valence-corrected chi connectivity index (χ1v) is 13.2. The lowest BCUT2D eigenvalue weighted by Crippen LogP contribution is -2.52. The number of hydrogen-bond acceptors (Lipinski definition) is 4. The van der Waals surface area contributed by atoms with Crippen LogP contribution in [0.3, 0.4) is 0 Å². The van der Waals surface area contributed by atoms with E-state index in [2.05, 4.69) is 19.1 Å².